The molecule has 24 heavy (non-hydrogen) atoms. The zero-order chi connectivity index (χ0) is 16.5. The maximum atomic E-state index is 5.82. The lowest BCUT2D eigenvalue weighted by Gasteiger charge is -2.37. The maximum Gasteiger partial charge on any atom is 0.225 e. The Hall–Kier alpha value is -1.24. The second-order valence-corrected chi connectivity index (χ2v) is 7.58. The Morgan fingerprint density at radius 1 is 1.12 bits per heavy atom. The van der Waals surface area contributed by atoms with Gasteiger partial charge >= 0.3 is 0 Å². The summed E-state index contributed by atoms with van der Waals surface area (Å²) in [5.74, 6) is 0.856. The van der Waals surface area contributed by atoms with Gasteiger partial charge in [-0.15, -0.1) is 0 Å². The van der Waals surface area contributed by atoms with Crippen LogP contribution < -0.4 is 4.90 Å². The molecule has 0 aliphatic carbocycles. The van der Waals surface area contributed by atoms with Crippen LogP contribution in [0.4, 0.5) is 5.95 Å². The van der Waals surface area contributed by atoms with Crippen LogP contribution in [0, 0.1) is 0 Å². The van der Waals surface area contributed by atoms with Crippen molar-refractivity contribution in [3.05, 3.63) is 18.0 Å². The summed E-state index contributed by atoms with van der Waals surface area (Å²) in [6.07, 6.45) is 5.10. The summed E-state index contributed by atoms with van der Waals surface area (Å²) in [5.41, 5.74) is 1.14. The molecule has 6 nitrogen and oxygen atoms in total. The van der Waals surface area contributed by atoms with E-state index in [1.165, 1.54) is 32.5 Å². The minimum atomic E-state index is 0.233. The van der Waals surface area contributed by atoms with Crippen molar-refractivity contribution in [2.24, 2.45) is 0 Å². The topological polar surface area (TPSA) is 44.7 Å². The zero-order valence-electron chi connectivity index (χ0n) is 14.9. The highest BCUT2D eigenvalue weighted by molar-refractivity contribution is 5.31. The first-order chi connectivity index (χ1) is 11.7. The van der Waals surface area contributed by atoms with Crippen molar-refractivity contribution < 1.29 is 4.74 Å². The number of hydrogen-bond donors (Lipinski definition) is 0. The van der Waals surface area contributed by atoms with E-state index in [1.54, 1.807) is 0 Å². The predicted octanol–water partition coefficient (Wildman–Crippen LogP) is 1.37. The Labute approximate surface area is 144 Å². The van der Waals surface area contributed by atoms with Crippen LogP contribution in [0.2, 0.25) is 0 Å². The average Bonchev–Trinajstić information content (AvgIpc) is 3.02. The summed E-state index contributed by atoms with van der Waals surface area (Å²) in [5, 5.41) is 0. The van der Waals surface area contributed by atoms with Gasteiger partial charge in [0, 0.05) is 51.5 Å². The highest BCUT2D eigenvalue weighted by atomic mass is 16.5. The molecule has 0 aromatic carbocycles. The Kier molecular flexibility index (Phi) is 4.70. The molecule has 3 aliphatic heterocycles. The summed E-state index contributed by atoms with van der Waals surface area (Å²) < 4.78 is 5.82. The standard InChI is InChI=1S/C18H29N5O/c1-14-10-23(11-15(2)24-14)18-19-6-5-16(20-18)12-21-8-9-22-7-3-4-17(22)13-21/h5-6,14-15,17H,3-4,7-13H2,1-2H3/t14-,15-,17-/m1/s1. The highest BCUT2D eigenvalue weighted by Crippen LogP contribution is 2.23. The first-order valence-electron chi connectivity index (χ1n) is 9.36. The molecular weight excluding hydrogens is 302 g/mol. The maximum absolute atomic E-state index is 5.82. The summed E-state index contributed by atoms with van der Waals surface area (Å²) in [4.78, 5) is 16.8. The molecule has 1 aromatic heterocycles. The minimum absolute atomic E-state index is 0.233. The van der Waals surface area contributed by atoms with Gasteiger partial charge in [0.15, 0.2) is 0 Å². The molecule has 1 aromatic rings. The van der Waals surface area contributed by atoms with Crippen LogP contribution in [0.3, 0.4) is 0 Å². The molecular formula is C18H29N5O. The molecule has 0 amide bonds. The Morgan fingerprint density at radius 3 is 2.79 bits per heavy atom. The van der Waals surface area contributed by atoms with Crippen LogP contribution >= 0.6 is 0 Å². The number of fused-ring (bicyclic) bond motifs is 1. The molecule has 0 unspecified atom stereocenters. The molecule has 3 saturated heterocycles. The minimum Gasteiger partial charge on any atom is -0.372 e. The number of ether oxygens (including phenoxy) is 1. The fourth-order valence-electron chi connectivity index (χ4n) is 4.39. The molecule has 3 atom stereocenters. The van der Waals surface area contributed by atoms with Gasteiger partial charge in [-0.05, 0) is 39.3 Å². The summed E-state index contributed by atoms with van der Waals surface area (Å²) in [6, 6.07) is 2.83. The predicted molar refractivity (Wildman–Crippen MR) is 94.1 cm³/mol. The van der Waals surface area contributed by atoms with Crippen LogP contribution in [0.1, 0.15) is 32.4 Å². The van der Waals surface area contributed by atoms with Gasteiger partial charge in [-0.3, -0.25) is 9.80 Å². The zero-order valence-corrected chi connectivity index (χ0v) is 14.9. The van der Waals surface area contributed by atoms with Gasteiger partial charge in [-0.2, -0.15) is 0 Å². The third-order valence-electron chi connectivity index (χ3n) is 5.46. The summed E-state index contributed by atoms with van der Waals surface area (Å²) in [6.45, 7) is 11.8. The second kappa shape index (κ2) is 6.94. The van der Waals surface area contributed by atoms with Crippen molar-refractivity contribution in [2.45, 2.75) is 51.5 Å². The van der Waals surface area contributed by atoms with E-state index in [4.69, 9.17) is 9.72 Å². The smallest absolute Gasteiger partial charge is 0.225 e. The Morgan fingerprint density at radius 2 is 1.96 bits per heavy atom. The largest absolute Gasteiger partial charge is 0.372 e. The van der Waals surface area contributed by atoms with Crippen molar-refractivity contribution >= 4 is 5.95 Å². The highest BCUT2D eigenvalue weighted by Gasteiger charge is 2.30. The van der Waals surface area contributed by atoms with Crippen molar-refractivity contribution in [3.8, 4) is 0 Å². The number of piperazine rings is 1. The van der Waals surface area contributed by atoms with Crippen molar-refractivity contribution in [3.63, 3.8) is 0 Å². The second-order valence-electron chi connectivity index (χ2n) is 7.58. The summed E-state index contributed by atoms with van der Waals surface area (Å²) in [7, 11) is 0. The molecule has 132 valence electrons. The number of morpholine rings is 1. The van der Waals surface area contributed by atoms with Crippen LogP contribution in [-0.2, 0) is 11.3 Å². The van der Waals surface area contributed by atoms with Gasteiger partial charge in [0.2, 0.25) is 5.95 Å². The van der Waals surface area contributed by atoms with Crippen LogP contribution in [0.5, 0.6) is 0 Å². The van der Waals surface area contributed by atoms with E-state index in [2.05, 4.69) is 39.6 Å². The normalized spacial score (nSPS) is 32.1. The van der Waals surface area contributed by atoms with Gasteiger partial charge < -0.3 is 9.64 Å². The molecule has 0 saturated carbocycles. The van der Waals surface area contributed by atoms with E-state index >= 15 is 0 Å². The van der Waals surface area contributed by atoms with E-state index in [0.29, 0.717) is 0 Å². The van der Waals surface area contributed by atoms with Gasteiger partial charge in [-0.25, -0.2) is 9.97 Å². The van der Waals surface area contributed by atoms with Gasteiger partial charge in [0.05, 0.1) is 17.9 Å². The lowest BCUT2D eigenvalue weighted by atomic mass is 10.1. The Balaban J connectivity index is 1.41. The van der Waals surface area contributed by atoms with E-state index < -0.39 is 0 Å². The number of hydrogen-bond acceptors (Lipinski definition) is 6. The average molecular weight is 331 g/mol. The number of anilines is 1. The van der Waals surface area contributed by atoms with Crippen molar-refractivity contribution in [2.75, 3.05) is 44.2 Å². The van der Waals surface area contributed by atoms with Crippen LogP contribution in [0.25, 0.3) is 0 Å². The Bertz CT molecular complexity index is 558. The third kappa shape index (κ3) is 3.55. The van der Waals surface area contributed by atoms with E-state index in [9.17, 15) is 0 Å². The molecule has 0 spiro atoms. The number of rotatable bonds is 3. The molecule has 0 bridgehead atoms. The number of nitrogens with zero attached hydrogens (tertiary/aromatic N) is 5. The van der Waals surface area contributed by atoms with Crippen LogP contribution in [-0.4, -0.2) is 77.3 Å². The first-order valence-corrected chi connectivity index (χ1v) is 9.36. The lowest BCUT2D eigenvalue weighted by Crippen LogP contribution is -2.49. The van der Waals surface area contributed by atoms with E-state index in [1.807, 2.05) is 6.20 Å². The molecule has 3 fully saturated rings. The fraction of sp³-hybridized carbons (Fsp3) is 0.778. The van der Waals surface area contributed by atoms with Gasteiger partial charge in [0.25, 0.3) is 0 Å². The third-order valence-corrected chi connectivity index (χ3v) is 5.46. The first kappa shape index (κ1) is 16.2. The molecule has 3 aliphatic rings. The van der Waals surface area contributed by atoms with Gasteiger partial charge in [-0.1, -0.05) is 0 Å². The fourth-order valence-corrected chi connectivity index (χ4v) is 4.39. The quantitative estimate of drug-likeness (QED) is 0.834. The summed E-state index contributed by atoms with van der Waals surface area (Å²) >= 11 is 0. The molecule has 6 heteroatoms. The van der Waals surface area contributed by atoms with E-state index in [-0.39, 0.29) is 12.2 Å². The lowest BCUT2D eigenvalue weighted by molar-refractivity contribution is -0.00574. The molecule has 0 radical (unpaired) electrons. The molecule has 0 N–H and O–H groups in total. The number of aromatic nitrogens is 2. The SMILES string of the molecule is C[C@@H]1CN(c2nccc(CN3CCN4CCC[C@@H]4C3)n2)C[C@@H](C)O1. The molecule has 4 rings (SSSR count). The monoisotopic (exact) mass is 331 g/mol. The van der Waals surface area contributed by atoms with Crippen LogP contribution in [0.15, 0.2) is 12.3 Å². The molecule has 4 heterocycles. The van der Waals surface area contributed by atoms with E-state index in [0.717, 1.165) is 43.9 Å². The van der Waals surface area contributed by atoms with Crippen molar-refractivity contribution in [1.82, 2.24) is 19.8 Å². The van der Waals surface area contributed by atoms with Gasteiger partial charge in [0.1, 0.15) is 0 Å². The van der Waals surface area contributed by atoms with Crippen molar-refractivity contribution in [1.29, 1.82) is 0 Å².